The fraction of sp³-hybridized carbons (Fsp3) is 0.846. The number of hydrogen-bond acceptors (Lipinski definition) is 8. The van der Waals surface area contributed by atoms with Crippen molar-refractivity contribution >= 4 is 51.2 Å². The molecule has 0 aromatic carbocycles. The minimum absolute atomic E-state index is 0.0267. The zero-order valence-corrected chi connectivity index (χ0v) is 16.3. The molecule has 0 radical (unpaired) electrons. The van der Waals surface area contributed by atoms with Gasteiger partial charge in [0.1, 0.15) is 6.61 Å². The van der Waals surface area contributed by atoms with Gasteiger partial charge in [-0.2, -0.15) is 0 Å². The van der Waals surface area contributed by atoms with Crippen LogP contribution in [0.3, 0.4) is 0 Å². The van der Waals surface area contributed by atoms with Gasteiger partial charge in [0.25, 0.3) is 0 Å². The van der Waals surface area contributed by atoms with Crippen molar-refractivity contribution < 1.29 is 23.6 Å². The molecule has 1 heterocycles. The maximum atomic E-state index is 11.7. The number of carbonyl (C=O) groups excluding carboxylic acids is 2. The number of carbonyl (C=O) groups is 2. The third-order valence-electron chi connectivity index (χ3n) is 2.64. The van der Waals surface area contributed by atoms with Crippen LogP contribution in [-0.4, -0.2) is 42.8 Å². The molecule has 0 aromatic heterocycles. The number of hydrogen-bond donors (Lipinski definition) is 0. The van der Waals surface area contributed by atoms with Crippen molar-refractivity contribution in [2.45, 2.75) is 45.6 Å². The number of rotatable bonds is 10. The van der Waals surface area contributed by atoms with Gasteiger partial charge in [-0.05, 0) is 24.6 Å². The summed E-state index contributed by atoms with van der Waals surface area (Å²) in [6.45, 7) is 4.03. The molecule has 22 heavy (non-hydrogen) atoms. The highest BCUT2D eigenvalue weighted by Crippen LogP contribution is 2.74. The van der Waals surface area contributed by atoms with Crippen molar-refractivity contribution in [1.82, 2.24) is 0 Å². The highest BCUT2D eigenvalue weighted by molar-refractivity contribution is 9.00. The molecule has 0 saturated carbocycles. The zero-order valence-electron chi connectivity index (χ0n) is 12.9. The van der Waals surface area contributed by atoms with Gasteiger partial charge in [0.2, 0.25) is 0 Å². The predicted octanol–water partition coefficient (Wildman–Crippen LogP) is 3.76. The lowest BCUT2D eigenvalue weighted by atomic mass is 10.3. The summed E-state index contributed by atoms with van der Waals surface area (Å²) < 4.78 is 14.4. The van der Waals surface area contributed by atoms with Crippen LogP contribution in [0.25, 0.3) is 0 Å². The second-order valence-electron chi connectivity index (χ2n) is 4.70. The summed E-state index contributed by atoms with van der Waals surface area (Å²) in [7, 11) is 0. The Labute approximate surface area is 145 Å². The van der Waals surface area contributed by atoms with E-state index in [1.165, 1.54) is 0 Å². The molecule has 0 unspecified atom stereocenters. The molecule has 0 N–H and O–H groups in total. The summed E-state index contributed by atoms with van der Waals surface area (Å²) >= 11 is 8.83. The maximum absolute atomic E-state index is 11.7. The van der Waals surface area contributed by atoms with Crippen LogP contribution in [-0.2, 0) is 35.4 Å². The van der Waals surface area contributed by atoms with Gasteiger partial charge in [0, 0.05) is 24.3 Å². The van der Waals surface area contributed by atoms with E-state index in [1.807, 2.05) is 13.8 Å². The lowest BCUT2D eigenvalue weighted by molar-refractivity contribution is -0.160. The molecule has 0 bridgehead atoms. The molecular weight excluding hydrogens is 363 g/mol. The molecule has 1 fully saturated rings. The summed E-state index contributed by atoms with van der Waals surface area (Å²) in [6, 6.07) is 0. The van der Waals surface area contributed by atoms with Crippen molar-refractivity contribution in [2.24, 2.45) is 0 Å². The van der Waals surface area contributed by atoms with Gasteiger partial charge in [0.05, 0.1) is 6.61 Å². The van der Waals surface area contributed by atoms with Gasteiger partial charge in [-0.1, -0.05) is 36.6 Å². The van der Waals surface area contributed by atoms with Crippen molar-refractivity contribution in [3.8, 4) is 0 Å². The van der Waals surface area contributed by atoms with E-state index >= 15 is 0 Å². The molecule has 1 aliphatic heterocycles. The molecule has 0 amide bonds. The van der Waals surface area contributed by atoms with Crippen LogP contribution in [0.15, 0.2) is 0 Å². The average molecular weight is 386 g/mol. The highest BCUT2D eigenvalue weighted by atomic mass is 33.2. The van der Waals surface area contributed by atoms with Crippen LogP contribution in [0, 0.1) is 0 Å². The normalized spacial score (nSPS) is 17.9. The standard InChI is InChI=1S/C13H23O5PS3/c1-3-5-12(14)16-9-11(18-13(15)6-4-2)10-17-19(20)21-7-8-22-19/h11H,3-10H2,1-2H3/t11-/m1/s1. The highest BCUT2D eigenvalue weighted by Gasteiger charge is 2.28. The quantitative estimate of drug-likeness (QED) is 0.415. The summed E-state index contributed by atoms with van der Waals surface area (Å²) in [5.74, 6) is 1.40. The lowest BCUT2D eigenvalue weighted by Gasteiger charge is -2.21. The minimum atomic E-state index is -1.91. The Kier molecular flexibility index (Phi) is 10.1. The van der Waals surface area contributed by atoms with Crippen molar-refractivity contribution in [1.29, 1.82) is 0 Å². The Bertz CT molecular complexity index is 408. The Morgan fingerprint density at radius 1 is 1.09 bits per heavy atom. The van der Waals surface area contributed by atoms with E-state index in [1.54, 1.807) is 22.8 Å². The van der Waals surface area contributed by atoms with Gasteiger partial charge < -0.3 is 14.0 Å². The summed E-state index contributed by atoms with van der Waals surface area (Å²) in [5.41, 5.74) is 0. The van der Waals surface area contributed by atoms with Crippen LogP contribution in [0.4, 0.5) is 0 Å². The van der Waals surface area contributed by atoms with Crippen LogP contribution >= 0.6 is 27.4 Å². The largest absolute Gasteiger partial charge is 0.462 e. The fourth-order valence-electron chi connectivity index (χ4n) is 1.61. The summed E-state index contributed by atoms with van der Waals surface area (Å²) in [6.07, 6.45) is 1.56. The molecule has 5 nitrogen and oxygen atoms in total. The maximum Gasteiger partial charge on any atom is 0.306 e. The van der Waals surface area contributed by atoms with Crippen molar-refractivity contribution in [3.63, 3.8) is 0 Å². The predicted molar refractivity (Wildman–Crippen MR) is 95.8 cm³/mol. The van der Waals surface area contributed by atoms with Crippen LogP contribution < -0.4 is 0 Å². The Morgan fingerprint density at radius 2 is 1.68 bits per heavy atom. The molecule has 0 spiro atoms. The third-order valence-corrected chi connectivity index (χ3v) is 12.5. The Morgan fingerprint density at radius 3 is 2.27 bits per heavy atom. The molecule has 9 heteroatoms. The Hall–Kier alpha value is 0.250. The zero-order chi connectivity index (χ0) is 16.4. The van der Waals surface area contributed by atoms with Gasteiger partial charge in [0.15, 0.2) is 10.8 Å². The van der Waals surface area contributed by atoms with Crippen LogP contribution in [0.5, 0.6) is 0 Å². The van der Waals surface area contributed by atoms with Crippen LogP contribution in [0.2, 0.25) is 0 Å². The fourth-order valence-corrected chi connectivity index (χ4v) is 10.5. The van der Waals surface area contributed by atoms with Gasteiger partial charge in [-0.25, -0.2) is 0 Å². The topological polar surface area (TPSA) is 61.8 Å². The monoisotopic (exact) mass is 386 g/mol. The minimum Gasteiger partial charge on any atom is -0.462 e. The molecule has 0 aromatic rings. The van der Waals surface area contributed by atoms with E-state index in [0.717, 1.165) is 17.9 Å². The van der Waals surface area contributed by atoms with Crippen molar-refractivity contribution in [3.05, 3.63) is 0 Å². The number of esters is 2. The first-order valence-electron chi connectivity index (χ1n) is 7.38. The summed E-state index contributed by atoms with van der Waals surface area (Å²) in [4.78, 5) is 23.1. The molecular formula is C13H23O5PS3. The third kappa shape index (κ3) is 8.20. The second-order valence-corrected chi connectivity index (χ2v) is 15.4. The van der Waals surface area contributed by atoms with E-state index in [9.17, 15) is 9.59 Å². The van der Waals surface area contributed by atoms with Gasteiger partial charge in [-0.3, -0.25) is 9.59 Å². The SMILES string of the molecule is CCCC(=O)OC[C@H](COP1(=S)SCCS1)OC(=O)CCC. The molecule has 1 rings (SSSR count). The number of ether oxygens (including phenoxy) is 2. The molecule has 128 valence electrons. The molecule has 1 saturated heterocycles. The first-order valence-corrected chi connectivity index (χ1v) is 13.3. The van der Waals surface area contributed by atoms with Gasteiger partial charge >= 0.3 is 11.9 Å². The average Bonchev–Trinajstić information content (AvgIpc) is 2.90. The van der Waals surface area contributed by atoms with Crippen molar-refractivity contribution in [2.75, 3.05) is 24.7 Å². The smallest absolute Gasteiger partial charge is 0.306 e. The lowest BCUT2D eigenvalue weighted by Crippen LogP contribution is -2.29. The van der Waals surface area contributed by atoms with E-state index in [0.29, 0.717) is 19.3 Å². The van der Waals surface area contributed by atoms with Gasteiger partial charge in [-0.15, -0.1) is 0 Å². The van der Waals surface area contributed by atoms with E-state index in [-0.39, 0.29) is 25.2 Å². The second kappa shape index (κ2) is 10.9. The first-order chi connectivity index (χ1) is 10.5. The summed E-state index contributed by atoms with van der Waals surface area (Å²) in [5, 5.41) is 0. The molecule has 0 aliphatic carbocycles. The first kappa shape index (κ1) is 20.3. The Balaban J connectivity index is 2.47. The van der Waals surface area contributed by atoms with E-state index in [2.05, 4.69) is 0 Å². The van der Waals surface area contributed by atoms with E-state index < -0.39 is 10.8 Å². The molecule has 1 aliphatic rings. The van der Waals surface area contributed by atoms with Crippen LogP contribution in [0.1, 0.15) is 39.5 Å². The van der Waals surface area contributed by atoms with E-state index in [4.69, 9.17) is 25.8 Å². The molecule has 1 atom stereocenters.